The van der Waals surface area contributed by atoms with Crippen LogP contribution in [0.15, 0.2) is 60.7 Å². The molecule has 132 valence electrons. The number of hydrogen-bond acceptors (Lipinski definition) is 2. The molecule has 0 heterocycles. The number of amides is 1. The average Bonchev–Trinajstić information content (AvgIpc) is 2.67. The lowest BCUT2D eigenvalue weighted by atomic mass is 9.57. The molecule has 25 heavy (non-hydrogen) atoms. The molecular weight excluding hydrogens is 308 g/mol. The van der Waals surface area contributed by atoms with Crippen LogP contribution < -0.4 is 11.5 Å². The highest BCUT2D eigenvalue weighted by Gasteiger charge is 2.47. The minimum atomic E-state index is -0.217. The van der Waals surface area contributed by atoms with E-state index >= 15 is 0 Å². The van der Waals surface area contributed by atoms with E-state index in [-0.39, 0.29) is 17.2 Å². The topological polar surface area (TPSA) is 69.1 Å². The molecule has 0 saturated heterocycles. The highest BCUT2D eigenvalue weighted by atomic mass is 16.1. The Hall–Kier alpha value is -2.13. The predicted octanol–water partition coefficient (Wildman–Crippen LogP) is 3.42. The first-order valence-corrected chi connectivity index (χ1v) is 9.24. The maximum atomic E-state index is 12.3. The predicted molar refractivity (Wildman–Crippen MR) is 102 cm³/mol. The van der Waals surface area contributed by atoms with Crippen LogP contribution in [-0.4, -0.2) is 12.5 Å². The molecule has 1 amide bonds. The largest absolute Gasteiger partial charge is 0.369 e. The minimum absolute atomic E-state index is 0.124. The lowest BCUT2D eigenvalue weighted by Crippen LogP contribution is -2.48. The van der Waals surface area contributed by atoms with Crippen molar-refractivity contribution in [2.75, 3.05) is 6.54 Å². The summed E-state index contributed by atoms with van der Waals surface area (Å²) in [6.45, 7) is 0.672. The summed E-state index contributed by atoms with van der Waals surface area (Å²) in [5.41, 5.74) is 14.2. The number of aryl methyl sites for hydroxylation is 1. The average molecular weight is 336 g/mol. The van der Waals surface area contributed by atoms with Gasteiger partial charge in [0.2, 0.25) is 5.91 Å². The van der Waals surface area contributed by atoms with Gasteiger partial charge in [-0.3, -0.25) is 4.79 Å². The lowest BCUT2D eigenvalue weighted by Gasteiger charge is -2.46. The van der Waals surface area contributed by atoms with Crippen LogP contribution in [0.1, 0.15) is 36.8 Å². The van der Waals surface area contributed by atoms with E-state index < -0.39 is 0 Å². The molecular formula is C22H28N2O. The van der Waals surface area contributed by atoms with Crippen LogP contribution >= 0.6 is 0 Å². The van der Waals surface area contributed by atoms with Crippen molar-refractivity contribution in [2.24, 2.45) is 23.3 Å². The van der Waals surface area contributed by atoms with Crippen molar-refractivity contribution in [2.45, 2.75) is 37.5 Å². The Bertz CT molecular complexity index is 686. The van der Waals surface area contributed by atoms with Crippen LogP contribution in [-0.2, 0) is 16.6 Å². The monoisotopic (exact) mass is 336 g/mol. The van der Waals surface area contributed by atoms with Crippen LogP contribution in [0.2, 0.25) is 0 Å². The van der Waals surface area contributed by atoms with Gasteiger partial charge in [0.1, 0.15) is 0 Å². The lowest BCUT2D eigenvalue weighted by molar-refractivity contribution is -0.126. The van der Waals surface area contributed by atoms with Gasteiger partial charge in [0.05, 0.1) is 0 Å². The summed E-state index contributed by atoms with van der Waals surface area (Å²) in [6, 6.07) is 20.9. The van der Waals surface area contributed by atoms with Crippen LogP contribution in [0, 0.1) is 11.8 Å². The highest BCUT2D eigenvalue weighted by molar-refractivity contribution is 5.79. The first kappa shape index (κ1) is 17.7. The van der Waals surface area contributed by atoms with Crippen LogP contribution in [0.4, 0.5) is 0 Å². The Balaban J connectivity index is 1.98. The molecule has 1 unspecified atom stereocenters. The second-order valence-electron chi connectivity index (χ2n) is 7.35. The molecule has 0 bridgehead atoms. The molecule has 3 atom stereocenters. The number of hydrogen-bond donors (Lipinski definition) is 2. The van der Waals surface area contributed by atoms with Crippen molar-refractivity contribution in [3.05, 3.63) is 71.8 Å². The maximum Gasteiger partial charge on any atom is 0.221 e. The SMILES string of the molecule is NCC1CC[C@@H](C(N)=O)[C@@](CCc2ccccc2)(c2ccccc2)C1. The van der Waals surface area contributed by atoms with Crippen LogP contribution in [0.5, 0.6) is 0 Å². The van der Waals surface area contributed by atoms with Gasteiger partial charge in [0.15, 0.2) is 0 Å². The summed E-state index contributed by atoms with van der Waals surface area (Å²) < 4.78 is 0. The molecule has 1 fully saturated rings. The molecule has 0 radical (unpaired) electrons. The van der Waals surface area contributed by atoms with Crippen molar-refractivity contribution in [3.63, 3.8) is 0 Å². The first-order chi connectivity index (χ1) is 12.2. The van der Waals surface area contributed by atoms with Crippen molar-refractivity contribution in [1.29, 1.82) is 0 Å². The summed E-state index contributed by atoms with van der Waals surface area (Å²) in [5, 5.41) is 0. The zero-order valence-electron chi connectivity index (χ0n) is 14.7. The third-order valence-corrected chi connectivity index (χ3v) is 5.91. The van der Waals surface area contributed by atoms with Crippen molar-refractivity contribution >= 4 is 5.91 Å². The third kappa shape index (κ3) is 3.77. The molecule has 0 aromatic heterocycles. The van der Waals surface area contributed by atoms with Crippen molar-refractivity contribution in [3.8, 4) is 0 Å². The van der Waals surface area contributed by atoms with Gasteiger partial charge in [-0.2, -0.15) is 0 Å². The zero-order chi connectivity index (χ0) is 17.7. The minimum Gasteiger partial charge on any atom is -0.369 e. The summed E-state index contributed by atoms with van der Waals surface area (Å²) in [5.74, 6) is 0.153. The van der Waals surface area contributed by atoms with E-state index in [4.69, 9.17) is 11.5 Å². The quantitative estimate of drug-likeness (QED) is 0.848. The standard InChI is InChI=1S/C22H28N2O/c23-16-18-11-12-20(21(24)25)22(15-18,19-9-5-2-6-10-19)14-13-17-7-3-1-4-8-17/h1-10,18,20H,11-16,23H2,(H2,24,25)/t18?,20-,22+/m0/s1. The Kier molecular flexibility index (Phi) is 5.54. The summed E-state index contributed by atoms with van der Waals surface area (Å²) in [7, 11) is 0. The number of rotatable bonds is 6. The molecule has 3 rings (SSSR count). The molecule has 2 aromatic rings. The van der Waals surface area contributed by atoms with Gasteiger partial charge in [-0.1, -0.05) is 60.7 Å². The van der Waals surface area contributed by atoms with Crippen molar-refractivity contribution in [1.82, 2.24) is 0 Å². The Morgan fingerprint density at radius 3 is 2.24 bits per heavy atom. The maximum absolute atomic E-state index is 12.3. The summed E-state index contributed by atoms with van der Waals surface area (Å²) in [4.78, 5) is 12.3. The molecule has 1 aliphatic rings. The van der Waals surface area contributed by atoms with E-state index in [9.17, 15) is 4.79 Å². The fraction of sp³-hybridized carbons (Fsp3) is 0.409. The molecule has 4 N–H and O–H groups in total. The molecule has 3 nitrogen and oxygen atoms in total. The molecule has 0 aliphatic heterocycles. The van der Waals surface area contributed by atoms with Crippen LogP contribution in [0.3, 0.4) is 0 Å². The second kappa shape index (κ2) is 7.83. The van der Waals surface area contributed by atoms with Crippen molar-refractivity contribution < 1.29 is 4.79 Å². The fourth-order valence-corrected chi connectivity index (χ4v) is 4.58. The summed E-state index contributed by atoms with van der Waals surface area (Å²) in [6.07, 6.45) is 4.63. The Labute approximate surface area is 150 Å². The number of carbonyl (C=O) groups excluding carboxylic acids is 1. The van der Waals surface area contributed by atoms with E-state index in [2.05, 4.69) is 48.5 Å². The molecule has 2 aromatic carbocycles. The summed E-state index contributed by atoms with van der Waals surface area (Å²) >= 11 is 0. The molecule has 3 heteroatoms. The number of benzene rings is 2. The molecule has 1 saturated carbocycles. The fourth-order valence-electron chi connectivity index (χ4n) is 4.58. The Morgan fingerprint density at radius 2 is 1.64 bits per heavy atom. The number of nitrogens with two attached hydrogens (primary N) is 2. The van der Waals surface area contributed by atoms with E-state index in [0.717, 1.165) is 32.1 Å². The zero-order valence-corrected chi connectivity index (χ0v) is 14.7. The van der Waals surface area contributed by atoms with Gasteiger partial charge in [-0.25, -0.2) is 0 Å². The van der Waals surface area contributed by atoms with Gasteiger partial charge in [0, 0.05) is 11.3 Å². The number of carbonyl (C=O) groups is 1. The highest BCUT2D eigenvalue weighted by Crippen LogP contribution is 2.48. The van der Waals surface area contributed by atoms with Gasteiger partial charge < -0.3 is 11.5 Å². The van der Waals surface area contributed by atoms with Gasteiger partial charge in [-0.05, 0) is 55.7 Å². The first-order valence-electron chi connectivity index (χ1n) is 9.24. The molecule has 1 aliphatic carbocycles. The smallest absolute Gasteiger partial charge is 0.221 e. The van der Waals surface area contributed by atoms with Crippen LogP contribution in [0.25, 0.3) is 0 Å². The van der Waals surface area contributed by atoms with E-state index in [1.165, 1.54) is 11.1 Å². The number of primary amides is 1. The molecule has 0 spiro atoms. The van der Waals surface area contributed by atoms with Gasteiger partial charge in [0.25, 0.3) is 0 Å². The van der Waals surface area contributed by atoms with Gasteiger partial charge >= 0.3 is 0 Å². The third-order valence-electron chi connectivity index (χ3n) is 5.91. The van der Waals surface area contributed by atoms with E-state index in [1.54, 1.807) is 0 Å². The van der Waals surface area contributed by atoms with Gasteiger partial charge in [-0.15, -0.1) is 0 Å². The Morgan fingerprint density at radius 1 is 1.00 bits per heavy atom. The second-order valence-corrected chi connectivity index (χ2v) is 7.35. The van der Waals surface area contributed by atoms with E-state index in [0.29, 0.717) is 12.5 Å². The van der Waals surface area contributed by atoms with E-state index in [1.807, 2.05) is 12.1 Å². The normalized spacial score (nSPS) is 26.3.